The van der Waals surface area contributed by atoms with Gasteiger partial charge in [0.1, 0.15) is 23.5 Å². The van der Waals surface area contributed by atoms with Gasteiger partial charge in [0.15, 0.2) is 0 Å². The fourth-order valence-corrected chi connectivity index (χ4v) is 6.48. The van der Waals surface area contributed by atoms with Gasteiger partial charge >= 0.3 is 0 Å². The van der Waals surface area contributed by atoms with Crippen LogP contribution in [0.2, 0.25) is 0 Å². The number of carbonyl (C=O) groups is 1. The number of rotatable bonds is 6. The maximum absolute atomic E-state index is 15.5. The summed E-state index contributed by atoms with van der Waals surface area (Å²) in [7, 11) is -4.09. The molecule has 188 valence electrons. The average molecular weight is 515 g/mol. The fourth-order valence-electron chi connectivity index (χ4n) is 5.69. The maximum Gasteiger partial charge on any atom is 0.283 e. The Morgan fingerprint density at radius 3 is 2.26 bits per heavy atom. The second kappa shape index (κ2) is 7.99. The minimum atomic E-state index is -4.09. The Hall–Kier alpha value is -2.53. The number of likely N-dealkylation sites (tertiary alicyclic amines) is 1. The molecule has 1 saturated heterocycles. The molecule has 1 N–H and O–H groups in total. The van der Waals surface area contributed by atoms with Crippen LogP contribution in [0.3, 0.4) is 0 Å². The smallest absolute Gasteiger partial charge is 0.283 e. The van der Waals surface area contributed by atoms with Gasteiger partial charge in [-0.25, -0.2) is 35.1 Å². The number of alkyl halides is 2. The van der Waals surface area contributed by atoms with Gasteiger partial charge in [0.05, 0.1) is 24.3 Å². The summed E-state index contributed by atoms with van der Waals surface area (Å²) in [5.74, 6) is -6.34. The van der Waals surface area contributed by atoms with Crippen molar-refractivity contribution >= 4 is 15.9 Å². The zero-order valence-corrected chi connectivity index (χ0v) is 19.5. The standard InChI is InChI=1S/C24H23F5N2O3S/c1-35(33,34)30-21-19(31(12-24(21,28)29)22(32)23-9-13(10-23)11-23)7-14-3-2-4-18(20(14)27)15-5-16(25)8-17(26)6-15/h2-6,8,13,19,21,30H,7,9-12H2,1H3/t13?,19-,21+,23?/m0/s1. The lowest BCUT2D eigenvalue weighted by molar-refractivity contribution is -0.178. The number of amides is 1. The molecule has 0 spiro atoms. The second-order valence-electron chi connectivity index (χ2n) is 10.0. The molecule has 4 fully saturated rings. The largest absolute Gasteiger partial charge is 0.331 e. The van der Waals surface area contributed by atoms with E-state index in [1.807, 2.05) is 4.72 Å². The molecule has 5 nitrogen and oxygen atoms in total. The summed E-state index contributed by atoms with van der Waals surface area (Å²) in [5, 5.41) is 0. The molecule has 11 heteroatoms. The predicted octanol–water partition coefficient (Wildman–Crippen LogP) is 3.88. The molecule has 0 aromatic heterocycles. The van der Waals surface area contributed by atoms with E-state index in [-0.39, 0.29) is 16.7 Å². The summed E-state index contributed by atoms with van der Waals surface area (Å²) in [6.07, 6.45) is 2.16. The fraction of sp³-hybridized carbons (Fsp3) is 0.458. The van der Waals surface area contributed by atoms with E-state index in [2.05, 4.69) is 0 Å². The molecular weight excluding hydrogens is 491 g/mol. The van der Waals surface area contributed by atoms with Gasteiger partial charge in [-0.1, -0.05) is 18.2 Å². The summed E-state index contributed by atoms with van der Waals surface area (Å²) >= 11 is 0. The van der Waals surface area contributed by atoms with Crippen LogP contribution in [-0.2, 0) is 21.2 Å². The Bertz CT molecular complexity index is 1280. The molecule has 1 heterocycles. The molecule has 0 radical (unpaired) electrons. The number of hydrogen-bond donors (Lipinski definition) is 1. The van der Waals surface area contributed by atoms with Crippen molar-refractivity contribution in [2.45, 2.75) is 43.7 Å². The van der Waals surface area contributed by atoms with Crippen molar-refractivity contribution in [3.05, 3.63) is 59.4 Å². The summed E-state index contributed by atoms with van der Waals surface area (Å²) in [6.45, 7) is -0.980. The number of halogens is 5. The first kappa shape index (κ1) is 24.2. The third-order valence-corrected chi connectivity index (χ3v) is 8.08. The average Bonchev–Trinajstić information content (AvgIpc) is 2.89. The molecule has 35 heavy (non-hydrogen) atoms. The van der Waals surface area contributed by atoms with E-state index in [9.17, 15) is 22.0 Å². The number of benzene rings is 2. The van der Waals surface area contributed by atoms with Crippen molar-refractivity contribution in [1.82, 2.24) is 9.62 Å². The van der Waals surface area contributed by atoms with E-state index in [0.717, 1.165) is 23.3 Å². The van der Waals surface area contributed by atoms with Crippen molar-refractivity contribution in [2.24, 2.45) is 11.3 Å². The van der Waals surface area contributed by atoms with Crippen LogP contribution in [-0.4, -0.2) is 50.0 Å². The van der Waals surface area contributed by atoms with Crippen molar-refractivity contribution < 1.29 is 35.2 Å². The normalized spacial score (nSPS) is 29.0. The molecule has 1 aliphatic heterocycles. The van der Waals surface area contributed by atoms with Crippen LogP contribution in [0.1, 0.15) is 24.8 Å². The van der Waals surface area contributed by atoms with Gasteiger partial charge in [-0.3, -0.25) is 4.79 Å². The van der Waals surface area contributed by atoms with Crippen molar-refractivity contribution in [3.8, 4) is 11.1 Å². The molecule has 2 aromatic carbocycles. The second-order valence-corrected chi connectivity index (χ2v) is 11.8. The third-order valence-electron chi connectivity index (χ3n) is 7.40. The van der Waals surface area contributed by atoms with Gasteiger partial charge in [-0.15, -0.1) is 0 Å². The number of nitrogens with one attached hydrogen (secondary N) is 1. The SMILES string of the molecule is CS(=O)(=O)N[C@@H]1[C@H](Cc2cccc(-c3cc(F)cc(F)c3)c2F)N(C(=O)C23CC(C2)C3)CC1(F)F. The van der Waals surface area contributed by atoms with Gasteiger partial charge in [0.2, 0.25) is 15.9 Å². The van der Waals surface area contributed by atoms with Gasteiger partial charge in [-0.05, 0) is 54.9 Å². The zero-order valence-electron chi connectivity index (χ0n) is 18.7. The van der Waals surface area contributed by atoms with E-state index in [1.54, 1.807) is 0 Å². The predicted molar refractivity (Wildman–Crippen MR) is 117 cm³/mol. The number of carbonyl (C=O) groups excluding carboxylic acids is 1. The van der Waals surface area contributed by atoms with Crippen LogP contribution in [0.15, 0.2) is 36.4 Å². The summed E-state index contributed by atoms with van der Waals surface area (Å²) in [4.78, 5) is 14.3. The van der Waals surface area contributed by atoms with Gasteiger partial charge < -0.3 is 4.90 Å². The molecule has 2 bridgehead atoms. The number of hydrogen-bond acceptors (Lipinski definition) is 3. The number of sulfonamides is 1. The molecule has 4 aliphatic rings. The Balaban J connectivity index is 1.52. The van der Waals surface area contributed by atoms with E-state index in [1.165, 1.54) is 18.2 Å². The maximum atomic E-state index is 15.5. The quantitative estimate of drug-likeness (QED) is 0.596. The minimum absolute atomic E-state index is 0.0776. The topological polar surface area (TPSA) is 66.5 Å². The molecule has 1 amide bonds. The molecule has 3 aliphatic carbocycles. The van der Waals surface area contributed by atoms with Crippen LogP contribution in [0.25, 0.3) is 11.1 Å². The Kier molecular flexibility index (Phi) is 5.52. The first-order chi connectivity index (χ1) is 16.3. The van der Waals surface area contributed by atoms with Crippen molar-refractivity contribution in [1.29, 1.82) is 0 Å². The third kappa shape index (κ3) is 4.22. The monoisotopic (exact) mass is 514 g/mol. The molecular formula is C24H23F5N2O3S. The van der Waals surface area contributed by atoms with E-state index in [0.29, 0.717) is 31.2 Å². The minimum Gasteiger partial charge on any atom is -0.331 e. The Labute approximate surface area is 199 Å². The Morgan fingerprint density at radius 1 is 1.09 bits per heavy atom. The highest BCUT2D eigenvalue weighted by Gasteiger charge is 2.66. The summed E-state index contributed by atoms with van der Waals surface area (Å²) < 4.78 is 98.8. The highest BCUT2D eigenvalue weighted by Crippen LogP contribution is 2.65. The molecule has 2 aromatic rings. The molecule has 3 saturated carbocycles. The lowest BCUT2D eigenvalue weighted by atomic mass is 9.44. The highest BCUT2D eigenvalue weighted by molar-refractivity contribution is 7.88. The lowest BCUT2D eigenvalue weighted by Crippen LogP contribution is -2.62. The van der Waals surface area contributed by atoms with Gasteiger partial charge in [0, 0.05) is 11.6 Å². The van der Waals surface area contributed by atoms with Crippen LogP contribution in [0.5, 0.6) is 0 Å². The van der Waals surface area contributed by atoms with Crippen LogP contribution >= 0.6 is 0 Å². The summed E-state index contributed by atoms with van der Waals surface area (Å²) in [6, 6.07) is 3.26. The van der Waals surface area contributed by atoms with Crippen molar-refractivity contribution in [3.63, 3.8) is 0 Å². The first-order valence-electron chi connectivity index (χ1n) is 11.2. The molecule has 0 unspecified atom stereocenters. The Morgan fingerprint density at radius 2 is 1.71 bits per heavy atom. The van der Waals surface area contributed by atoms with Gasteiger partial charge in [0.25, 0.3) is 5.92 Å². The van der Waals surface area contributed by atoms with E-state index < -0.39 is 69.8 Å². The molecule has 2 atom stereocenters. The van der Waals surface area contributed by atoms with Crippen LogP contribution < -0.4 is 4.72 Å². The lowest BCUT2D eigenvalue weighted by Gasteiger charge is -2.61. The van der Waals surface area contributed by atoms with E-state index in [4.69, 9.17) is 0 Å². The number of nitrogens with zero attached hydrogens (tertiary/aromatic N) is 1. The van der Waals surface area contributed by atoms with E-state index >= 15 is 13.2 Å². The first-order valence-corrected chi connectivity index (χ1v) is 13.1. The van der Waals surface area contributed by atoms with Gasteiger partial charge in [-0.2, -0.15) is 0 Å². The molecule has 6 rings (SSSR count). The summed E-state index contributed by atoms with van der Waals surface area (Å²) in [5.41, 5.74) is -0.995. The highest BCUT2D eigenvalue weighted by atomic mass is 32.2. The van der Waals surface area contributed by atoms with Crippen molar-refractivity contribution in [2.75, 3.05) is 12.8 Å². The van der Waals surface area contributed by atoms with Crippen LogP contribution in [0, 0.1) is 28.8 Å². The van der Waals surface area contributed by atoms with Crippen LogP contribution in [0.4, 0.5) is 22.0 Å². The zero-order chi connectivity index (χ0) is 25.3.